The van der Waals surface area contributed by atoms with Gasteiger partial charge in [0.1, 0.15) is 11.5 Å². The number of hydrogen-bond donors (Lipinski definition) is 1. The van der Waals surface area contributed by atoms with Gasteiger partial charge < -0.3 is 19.2 Å². The molecule has 0 saturated heterocycles. The molecule has 0 aliphatic heterocycles. The number of methoxy groups -OCH3 is 1. The van der Waals surface area contributed by atoms with E-state index in [0.717, 1.165) is 5.56 Å². The summed E-state index contributed by atoms with van der Waals surface area (Å²) in [5, 5.41) is 2.69. The van der Waals surface area contributed by atoms with Crippen molar-refractivity contribution in [1.29, 1.82) is 0 Å². The van der Waals surface area contributed by atoms with Gasteiger partial charge in [0.25, 0.3) is 5.91 Å². The van der Waals surface area contributed by atoms with Gasteiger partial charge in [-0.3, -0.25) is 9.59 Å². The fraction of sp³-hybridized carbons (Fsp3) is 0.294. The van der Waals surface area contributed by atoms with Crippen molar-refractivity contribution in [3.63, 3.8) is 0 Å². The molecule has 1 aromatic carbocycles. The van der Waals surface area contributed by atoms with Crippen molar-refractivity contribution >= 4 is 11.9 Å². The van der Waals surface area contributed by atoms with Crippen molar-refractivity contribution in [2.24, 2.45) is 0 Å². The fourth-order valence-corrected chi connectivity index (χ4v) is 2.00. The Bertz CT molecular complexity index is 634. The second kappa shape index (κ2) is 8.03. The van der Waals surface area contributed by atoms with Gasteiger partial charge in [-0.1, -0.05) is 12.1 Å². The minimum Gasteiger partial charge on any atom is -0.497 e. The minimum absolute atomic E-state index is 0.102. The van der Waals surface area contributed by atoms with Crippen molar-refractivity contribution in [3.8, 4) is 5.75 Å². The smallest absolute Gasteiger partial charge is 0.310 e. The maximum atomic E-state index is 11.7. The van der Waals surface area contributed by atoms with Crippen LogP contribution in [0.4, 0.5) is 0 Å². The molecular formula is C17H19NO5. The zero-order valence-electron chi connectivity index (χ0n) is 13.1. The molecule has 1 aromatic heterocycles. The molecule has 6 heteroatoms. The van der Waals surface area contributed by atoms with Crippen LogP contribution in [0.2, 0.25) is 0 Å². The summed E-state index contributed by atoms with van der Waals surface area (Å²) >= 11 is 0. The number of furan rings is 1. The first-order valence-electron chi connectivity index (χ1n) is 7.20. The number of ether oxygens (including phenoxy) is 2. The highest BCUT2D eigenvalue weighted by molar-refractivity contribution is 5.81. The second-order valence-electron chi connectivity index (χ2n) is 4.99. The molecule has 0 bridgehead atoms. The Morgan fingerprint density at radius 1 is 1.22 bits per heavy atom. The van der Waals surface area contributed by atoms with Gasteiger partial charge in [-0.15, -0.1) is 0 Å². The Labute approximate surface area is 134 Å². The maximum absolute atomic E-state index is 11.7. The SMILES string of the molecule is COc1ccc(CC(=O)OCC(=O)N[C@@H](C)c2ccco2)cc1. The third kappa shape index (κ3) is 5.18. The molecule has 1 N–H and O–H groups in total. The topological polar surface area (TPSA) is 77.8 Å². The lowest BCUT2D eigenvalue weighted by molar-refractivity contribution is -0.148. The van der Waals surface area contributed by atoms with Crippen LogP contribution < -0.4 is 10.1 Å². The van der Waals surface area contributed by atoms with E-state index < -0.39 is 5.97 Å². The molecule has 6 nitrogen and oxygen atoms in total. The van der Waals surface area contributed by atoms with Crippen LogP contribution in [0.3, 0.4) is 0 Å². The Morgan fingerprint density at radius 3 is 2.57 bits per heavy atom. The lowest BCUT2D eigenvalue weighted by Crippen LogP contribution is -2.31. The van der Waals surface area contributed by atoms with E-state index in [1.807, 2.05) is 0 Å². The molecule has 1 atom stereocenters. The van der Waals surface area contributed by atoms with Crippen LogP contribution in [0.1, 0.15) is 24.3 Å². The van der Waals surface area contributed by atoms with Crippen LogP contribution in [0.5, 0.6) is 5.75 Å². The first-order chi connectivity index (χ1) is 11.1. The average Bonchev–Trinajstić information content (AvgIpc) is 3.08. The van der Waals surface area contributed by atoms with Crippen molar-refractivity contribution in [1.82, 2.24) is 5.32 Å². The Balaban J connectivity index is 1.73. The summed E-state index contributed by atoms with van der Waals surface area (Å²) in [5.74, 6) is 0.518. The predicted molar refractivity (Wildman–Crippen MR) is 82.9 cm³/mol. The minimum atomic E-state index is -0.462. The fourth-order valence-electron chi connectivity index (χ4n) is 2.00. The molecule has 122 valence electrons. The van der Waals surface area contributed by atoms with Crippen molar-refractivity contribution in [2.75, 3.05) is 13.7 Å². The summed E-state index contributed by atoms with van der Waals surface area (Å²) in [5.41, 5.74) is 0.792. The van der Waals surface area contributed by atoms with Crippen LogP contribution >= 0.6 is 0 Å². The Morgan fingerprint density at radius 2 is 1.96 bits per heavy atom. The largest absolute Gasteiger partial charge is 0.497 e. The highest BCUT2D eigenvalue weighted by Gasteiger charge is 2.13. The van der Waals surface area contributed by atoms with Crippen LogP contribution in [0.25, 0.3) is 0 Å². The monoisotopic (exact) mass is 317 g/mol. The number of esters is 1. The number of rotatable bonds is 7. The summed E-state index contributed by atoms with van der Waals surface area (Å²) in [6.45, 7) is 1.47. The van der Waals surface area contributed by atoms with E-state index in [4.69, 9.17) is 13.9 Å². The average molecular weight is 317 g/mol. The van der Waals surface area contributed by atoms with Gasteiger partial charge in [-0.25, -0.2) is 0 Å². The summed E-state index contributed by atoms with van der Waals surface area (Å²) in [6.07, 6.45) is 1.64. The third-order valence-electron chi connectivity index (χ3n) is 3.22. The zero-order valence-corrected chi connectivity index (χ0v) is 13.1. The first-order valence-corrected chi connectivity index (χ1v) is 7.20. The zero-order chi connectivity index (χ0) is 16.7. The number of amides is 1. The van der Waals surface area contributed by atoms with Gasteiger partial charge in [-0.05, 0) is 36.8 Å². The van der Waals surface area contributed by atoms with Crippen LogP contribution in [0.15, 0.2) is 47.1 Å². The van der Waals surface area contributed by atoms with Crippen LogP contribution in [-0.2, 0) is 20.7 Å². The maximum Gasteiger partial charge on any atom is 0.310 e. The van der Waals surface area contributed by atoms with Crippen LogP contribution in [0, 0.1) is 0 Å². The molecular weight excluding hydrogens is 298 g/mol. The van der Waals surface area contributed by atoms with E-state index >= 15 is 0 Å². The molecule has 0 fully saturated rings. The van der Waals surface area contributed by atoms with Crippen molar-refractivity contribution < 1.29 is 23.5 Å². The van der Waals surface area contributed by atoms with Crippen molar-refractivity contribution in [3.05, 3.63) is 54.0 Å². The standard InChI is InChI=1S/C17H19NO5/c1-12(15-4-3-9-22-15)18-16(19)11-23-17(20)10-13-5-7-14(21-2)8-6-13/h3-9,12H,10-11H2,1-2H3,(H,18,19)/t12-/m0/s1. The van der Waals surface area contributed by atoms with E-state index in [1.165, 1.54) is 6.26 Å². The van der Waals surface area contributed by atoms with Gasteiger partial charge >= 0.3 is 5.97 Å². The van der Waals surface area contributed by atoms with E-state index in [-0.39, 0.29) is 25.0 Å². The van der Waals surface area contributed by atoms with Gasteiger partial charge in [-0.2, -0.15) is 0 Å². The highest BCUT2D eigenvalue weighted by Crippen LogP contribution is 2.13. The van der Waals surface area contributed by atoms with E-state index in [2.05, 4.69) is 5.32 Å². The van der Waals surface area contributed by atoms with Crippen molar-refractivity contribution in [2.45, 2.75) is 19.4 Å². The summed E-state index contributed by atoms with van der Waals surface area (Å²) in [7, 11) is 1.58. The van der Waals surface area contributed by atoms with Crippen LogP contribution in [-0.4, -0.2) is 25.6 Å². The Kier molecular flexibility index (Phi) is 5.80. The predicted octanol–water partition coefficient (Wildman–Crippen LogP) is 2.25. The van der Waals surface area contributed by atoms with Gasteiger partial charge in [0.15, 0.2) is 6.61 Å². The highest BCUT2D eigenvalue weighted by atomic mass is 16.5. The molecule has 2 aromatic rings. The van der Waals surface area contributed by atoms with E-state index in [0.29, 0.717) is 11.5 Å². The summed E-state index contributed by atoms with van der Waals surface area (Å²) in [4.78, 5) is 23.5. The second-order valence-corrected chi connectivity index (χ2v) is 4.99. The van der Waals surface area contributed by atoms with Gasteiger partial charge in [0.2, 0.25) is 0 Å². The normalized spacial score (nSPS) is 11.6. The quantitative estimate of drug-likeness (QED) is 0.793. The molecule has 0 radical (unpaired) electrons. The van der Waals surface area contributed by atoms with Gasteiger partial charge in [0.05, 0.1) is 25.8 Å². The number of hydrogen-bond acceptors (Lipinski definition) is 5. The Hall–Kier alpha value is -2.76. The number of carbonyl (C=O) groups is 2. The summed E-state index contributed by atoms with van der Waals surface area (Å²) < 4.78 is 15.2. The van der Waals surface area contributed by atoms with Gasteiger partial charge in [0, 0.05) is 0 Å². The molecule has 23 heavy (non-hydrogen) atoms. The summed E-state index contributed by atoms with van der Waals surface area (Å²) in [6, 6.07) is 10.3. The lowest BCUT2D eigenvalue weighted by atomic mass is 10.1. The molecule has 0 spiro atoms. The molecule has 0 aliphatic rings. The number of benzene rings is 1. The molecule has 1 amide bonds. The lowest BCUT2D eigenvalue weighted by Gasteiger charge is -2.11. The molecule has 2 rings (SSSR count). The third-order valence-corrected chi connectivity index (χ3v) is 3.22. The molecule has 0 saturated carbocycles. The molecule has 0 unspecified atom stereocenters. The number of carbonyl (C=O) groups excluding carboxylic acids is 2. The van der Waals surface area contributed by atoms with E-state index in [1.54, 1.807) is 50.4 Å². The van der Waals surface area contributed by atoms with E-state index in [9.17, 15) is 9.59 Å². The number of nitrogens with one attached hydrogen (secondary N) is 1. The molecule has 0 aliphatic carbocycles. The first kappa shape index (κ1) is 16.6. The molecule has 1 heterocycles.